The van der Waals surface area contributed by atoms with Gasteiger partial charge in [0.2, 0.25) is 0 Å². The first-order chi connectivity index (χ1) is 6.83. The molecule has 0 atom stereocenters. The van der Waals surface area contributed by atoms with E-state index >= 15 is 0 Å². The Hall–Kier alpha value is -0.830. The van der Waals surface area contributed by atoms with Crippen molar-refractivity contribution in [1.82, 2.24) is 9.97 Å². The first kappa shape index (κ1) is 9.71. The molecule has 0 spiro atoms. The average Bonchev–Trinajstić information content (AvgIpc) is 2.71. The van der Waals surface area contributed by atoms with Gasteiger partial charge < -0.3 is 4.90 Å². The average molecular weight is 212 g/mol. The molecule has 1 aliphatic heterocycles. The molecule has 0 N–H and O–H groups in total. The van der Waals surface area contributed by atoms with E-state index in [0.717, 1.165) is 30.2 Å². The van der Waals surface area contributed by atoms with Crippen LogP contribution in [0.1, 0.15) is 24.1 Å². The van der Waals surface area contributed by atoms with Gasteiger partial charge in [-0.3, -0.25) is 0 Å². The van der Waals surface area contributed by atoms with Crippen molar-refractivity contribution in [1.29, 1.82) is 0 Å². The van der Waals surface area contributed by atoms with Crippen LogP contribution in [0.15, 0.2) is 6.33 Å². The number of rotatable bonds is 2. The molecule has 0 unspecified atom stereocenters. The van der Waals surface area contributed by atoms with Gasteiger partial charge in [0.05, 0.1) is 11.6 Å². The summed E-state index contributed by atoms with van der Waals surface area (Å²) in [5.74, 6) is 1.53. The lowest BCUT2D eigenvalue weighted by molar-refractivity contribution is 0.903. The zero-order valence-corrected chi connectivity index (χ0v) is 9.09. The largest absolute Gasteiger partial charge is 0.356 e. The van der Waals surface area contributed by atoms with E-state index in [1.165, 1.54) is 12.8 Å². The van der Waals surface area contributed by atoms with Crippen molar-refractivity contribution in [2.45, 2.75) is 25.6 Å². The van der Waals surface area contributed by atoms with E-state index in [1.807, 2.05) is 6.92 Å². The fourth-order valence-corrected chi connectivity index (χ4v) is 2.13. The van der Waals surface area contributed by atoms with E-state index in [1.54, 1.807) is 6.33 Å². The van der Waals surface area contributed by atoms with E-state index in [9.17, 15) is 0 Å². The van der Waals surface area contributed by atoms with Crippen molar-refractivity contribution >= 4 is 17.4 Å². The lowest BCUT2D eigenvalue weighted by Crippen LogP contribution is -2.20. The molecular formula is C10H14ClN3. The Morgan fingerprint density at radius 1 is 1.36 bits per heavy atom. The molecule has 1 aromatic heterocycles. The van der Waals surface area contributed by atoms with Gasteiger partial charge in [-0.2, -0.15) is 0 Å². The highest BCUT2D eigenvalue weighted by molar-refractivity contribution is 6.17. The fourth-order valence-electron chi connectivity index (χ4n) is 1.86. The summed E-state index contributed by atoms with van der Waals surface area (Å²) >= 11 is 5.80. The molecule has 2 heterocycles. The number of aromatic nitrogens is 2. The zero-order valence-electron chi connectivity index (χ0n) is 8.33. The summed E-state index contributed by atoms with van der Waals surface area (Å²) < 4.78 is 0. The topological polar surface area (TPSA) is 29.0 Å². The quantitative estimate of drug-likeness (QED) is 0.702. The summed E-state index contributed by atoms with van der Waals surface area (Å²) in [5, 5.41) is 0. The van der Waals surface area contributed by atoms with Crippen LogP contribution in [-0.2, 0) is 5.88 Å². The second-order valence-corrected chi connectivity index (χ2v) is 3.86. The maximum absolute atomic E-state index is 5.80. The highest BCUT2D eigenvalue weighted by Gasteiger charge is 2.17. The molecule has 1 saturated heterocycles. The van der Waals surface area contributed by atoms with Crippen LogP contribution >= 0.6 is 11.6 Å². The standard InChI is InChI=1S/C10H14ClN3/c1-8-9(6-11)12-7-13-10(8)14-4-2-3-5-14/h7H,2-6H2,1H3. The molecule has 4 heteroatoms. The minimum Gasteiger partial charge on any atom is -0.356 e. The molecule has 0 radical (unpaired) electrons. The molecule has 0 bridgehead atoms. The Bertz CT molecular complexity index is 321. The van der Waals surface area contributed by atoms with E-state index in [0.29, 0.717) is 5.88 Å². The Labute approximate surface area is 89.1 Å². The van der Waals surface area contributed by atoms with Crippen molar-refractivity contribution in [3.63, 3.8) is 0 Å². The Morgan fingerprint density at radius 3 is 2.71 bits per heavy atom. The smallest absolute Gasteiger partial charge is 0.135 e. The summed E-state index contributed by atoms with van der Waals surface area (Å²) in [7, 11) is 0. The van der Waals surface area contributed by atoms with Crippen LogP contribution in [0, 0.1) is 6.92 Å². The van der Waals surface area contributed by atoms with Crippen LogP contribution in [0.2, 0.25) is 0 Å². The van der Waals surface area contributed by atoms with Crippen molar-refractivity contribution in [3.05, 3.63) is 17.6 Å². The van der Waals surface area contributed by atoms with E-state index in [-0.39, 0.29) is 0 Å². The number of halogens is 1. The number of alkyl halides is 1. The van der Waals surface area contributed by atoms with Gasteiger partial charge in [-0.25, -0.2) is 9.97 Å². The second kappa shape index (κ2) is 4.13. The third-order valence-corrected chi connectivity index (χ3v) is 2.95. The Morgan fingerprint density at radius 2 is 2.07 bits per heavy atom. The number of hydrogen-bond donors (Lipinski definition) is 0. The van der Waals surface area contributed by atoms with Gasteiger partial charge in [0.1, 0.15) is 12.1 Å². The molecule has 1 aliphatic rings. The first-order valence-corrected chi connectivity index (χ1v) is 5.48. The number of nitrogens with zero attached hydrogens (tertiary/aromatic N) is 3. The normalized spacial score (nSPS) is 16.3. The van der Waals surface area contributed by atoms with Gasteiger partial charge in [-0.1, -0.05) is 0 Å². The molecule has 2 rings (SSSR count). The van der Waals surface area contributed by atoms with Gasteiger partial charge in [0.25, 0.3) is 0 Å². The maximum Gasteiger partial charge on any atom is 0.135 e. The Kier molecular flexibility index (Phi) is 2.87. The monoisotopic (exact) mass is 211 g/mol. The summed E-state index contributed by atoms with van der Waals surface area (Å²) in [6.07, 6.45) is 4.14. The highest BCUT2D eigenvalue weighted by Crippen LogP contribution is 2.23. The zero-order chi connectivity index (χ0) is 9.97. The lowest BCUT2D eigenvalue weighted by Gasteiger charge is -2.19. The molecule has 1 fully saturated rings. The molecule has 76 valence electrons. The molecule has 14 heavy (non-hydrogen) atoms. The van der Waals surface area contributed by atoms with Crippen molar-refractivity contribution in [2.75, 3.05) is 18.0 Å². The predicted octanol–water partition coefficient (Wildman–Crippen LogP) is 2.12. The summed E-state index contributed by atoms with van der Waals surface area (Å²) in [6.45, 7) is 4.27. The van der Waals surface area contributed by atoms with E-state index < -0.39 is 0 Å². The summed E-state index contributed by atoms with van der Waals surface area (Å²) in [5.41, 5.74) is 2.08. The molecule has 3 nitrogen and oxygen atoms in total. The lowest BCUT2D eigenvalue weighted by atomic mass is 10.2. The van der Waals surface area contributed by atoms with E-state index in [4.69, 9.17) is 11.6 Å². The predicted molar refractivity (Wildman–Crippen MR) is 57.8 cm³/mol. The summed E-state index contributed by atoms with van der Waals surface area (Å²) in [4.78, 5) is 10.8. The van der Waals surface area contributed by atoms with Crippen LogP contribution < -0.4 is 4.90 Å². The molecule has 1 aromatic rings. The van der Waals surface area contributed by atoms with Crippen LogP contribution in [0.4, 0.5) is 5.82 Å². The molecule has 0 aliphatic carbocycles. The molecule has 0 amide bonds. The van der Waals surface area contributed by atoms with Gasteiger partial charge in [-0.15, -0.1) is 11.6 Å². The maximum atomic E-state index is 5.80. The number of anilines is 1. The summed E-state index contributed by atoms with van der Waals surface area (Å²) in [6, 6.07) is 0. The van der Waals surface area contributed by atoms with Gasteiger partial charge in [-0.05, 0) is 19.8 Å². The second-order valence-electron chi connectivity index (χ2n) is 3.60. The van der Waals surface area contributed by atoms with E-state index in [2.05, 4.69) is 14.9 Å². The molecular weight excluding hydrogens is 198 g/mol. The molecule has 0 saturated carbocycles. The molecule has 0 aromatic carbocycles. The Balaban J connectivity index is 2.32. The van der Waals surface area contributed by atoms with Crippen molar-refractivity contribution in [2.24, 2.45) is 0 Å². The number of hydrogen-bond acceptors (Lipinski definition) is 3. The van der Waals surface area contributed by atoms with Gasteiger partial charge in [0.15, 0.2) is 0 Å². The van der Waals surface area contributed by atoms with Crippen LogP contribution in [-0.4, -0.2) is 23.1 Å². The van der Waals surface area contributed by atoms with Crippen molar-refractivity contribution < 1.29 is 0 Å². The van der Waals surface area contributed by atoms with Gasteiger partial charge >= 0.3 is 0 Å². The SMILES string of the molecule is Cc1c(CCl)ncnc1N1CCCC1. The van der Waals surface area contributed by atoms with Crippen LogP contribution in [0.3, 0.4) is 0 Å². The van der Waals surface area contributed by atoms with Crippen LogP contribution in [0.5, 0.6) is 0 Å². The minimum absolute atomic E-state index is 0.467. The first-order valence-electron chi connectivity index (χ1n) is 4.94. The van der Waals surface area contributed by atoms with Crippen LogP contribution in [0.25, 0.3) is 0 Å². The fraction of sp³-hybridized carbons (Fsp3) is 0.600. The minimum atomic E-state index is 0.467. The highest BCUT2D eigenvalue weighted by atomic mass is 35.5. The third kappa shape index (κ3) is 1.69. The third-order valence-electron chi connectivity index (χ3n) is 2.69. The van der Waals surface area contributed by atoms with Crippen molar-refractivity contribution in [3.8, 4) is 0 Å². The van der Waals surface area contributed by atoms with Gasteiger partial charge in [0, 0.05) is 18.7 Å².